The summed E-state index contributed by atoms with van der Waals surface area (Å²) in [6.07, 6.45) is 8.22. The first-order valence-corrected chi connectivity index (χ1v) is 8.99. The van der Waals surface area contributed by atoms with Crippen molar-refractivity contribution in [1.29, 1.82) is 0 Å². The number of fused-ring (bicyclic) bond motifs is 1. The molecule has 2 amide bonds. The monoisotopic (exact) mass is 343 g/mol. The number of H-pyrrole nitrogens is 1. The molecule has 0 atom stereocenters. The van der Waals surface area contributed by atoms with Crippen molar-refractivity contribution in [2.45, 2.75) is 57.6 Å². The maximum absolute atomic E-state index is 12.6. The van der Waals surface area contributed by atoms with Crippen molar-refractivity contribution in [2.75, 3.05) is 11.9 Å². The third-order valence-electron chi connectivity index (χ3n) is 5.05. The normalized spacial score (nSPS) is 23.5. The van der Waals surface area contributed by atoms with E-state index in [1.807, 2.05) is 12.1 Å². The van der Waals surface area contributed by atoms with Crippen molar-refractivity contribution in [2.24, 2.45) is 0 Å². The lowest BCUT2D eigenvalue weighted by Gasteiger charge is -2.36. The number of nitrogens with one attached hydrogen (secondary N) is 2. The Morgan fingerprint density at radius 3 is 3.00 bits per heavy atom. The second kappa shape index (κ2) is 7.35. The van der Waals surface area contributed by atoms with Gasteiger partial charge in [0, 0.05) is 12.8 Å². The molecule has 0 spiro atoms. The summed E-state index contributed by atoms with van der Waals surface area (Å²) in [6.45, 7) is 9.07. The molecule has 25 heavy (non-hydrogen) atoms. The molecule has 2 heterocycles. The molecule has 0 unspecified atom stereocenters. The van der Waals surface area contributed by atoms with Gasteiger partial charge in [-0.3, -0.25) is 4.98 Å². The van der Waals surface area contributed by atoms with E-state index >= 15 is 0 Å². The quantitative estimate of drug-likeness (QED) is 0.638. The average Bonchev–Trinajstić information content (AvgIpc) is 3.03. The second-order valence-electron chi connectivity index (χ2n) is 7.03. The van der Waals surface area contributed by atoms with Crippen LogP contribution in [0.2, 0.25) is 0 Å². The Hall–Kier alpha value is -2.21. The van der Waals surface area contributed by atoms with Crippen LogP contribution in [0, 0.1) is 0 Å². The largest absolute Gasteiger partial charge is 0.495 e. The van der Waals surface area contributed by atoms with Gasteiger partial charge < -0.3 is 9.72 Å². The van der Waals surface area contributed by atoms with Gasteiger partial charge in [0.1, 0.15) is 11.6 Å². The summed E-state index contributed by atoms with van der Waals surface area (Å²) in [7, 11) is 0. The SMILES string of the molecule is C=[N+](C(=O)Nc1c[nH]c2cccnc12)C1CCC(C)(OCCC)CC1. The highest BCUT2D eigenvalue weighted by molar-refractivity contribution is 5.96. The molecule has 0 saturated heterocycles. The lowest BCUT2D eigenvalue weighted by Crippen LogP contribution is -2.42. The fourth-order valence-corrected chi connectivity index (χ4v) is 3.42. The summed E-state index contributed by atoms with van der Waals surface area (Å²) >= 11 is 0. The number of hydrogen-bond acceptors (Lipinski definition) is 3. The molecule has 0 aromatic carbocycles. The van der Waals surface area contributed by atoms with Crippen LogP contribution >= 0.6 is 0 Å². The van der Waals surface area contributed by atoms with Gasteiger partial charge in [-0.25, -0.2) is 9.89 Å². The number of aromatic amines is 1. The van der Waals surface area contributed by atoms with E-state index in [-0.39, 0.29) is 17.7 Å². The molecule has 0 radical (unpaired) electrons. The Labute approximate surface area is 148 Å². The summed E-state index contributed by atoms with van der Waals surface area (Å²) in [5.74, 6) is 0. The maximum atomic E-state index is 12.6. The number of urea groups is 1. The predicted molar refractivity (Wildman–Crippen MR) is 99.4 cm³/mol. The molecule has 3 rings (SSSR count). The zero-order valence-corrected chi connectivity index (χ0v) is 15.0. The van der Waals surface area contributed by atoms with Crippen LogP contribution in [0.3, 0.4) is 0 Å². The molecule has 2 aromatic rings. The average molecular weight is 343 g/mol. The van der Waals surface area contributed by atoms with Crippen molar-refractivity contribution < 1.29 is 14.1 Å². The number of amides is 2. The zero-order valence-electron chi connectivity index (χ0n) is 15.0. The van der Waals surface area contributed by atoms with Gasteiger partial charge in [-0.1, -0.05) is 6.92 Å². The highest BCUT2D eigenvalue weighted by Gasteiger charge is 2.36. The van der Waals surface area contributed by atoms with E-state index in [4.69, 9.17) is 4.74 Å². The number of aromatic nitrogens is 2. The van der Waals surface area contributed by atoms with Crippen molar-refractivity contribution >= 4 is 29.5 Å². The van der Waals surface area contributed by atoms with Gasteiger partial charge >= 0.3 is 6.03 Å². The molecule has 0 aliphatic heterocycles. The Morgan fingerprint density at radius 1 is 1.52 bits per heavy atom. The van der Waals surface area contributed by atoms with Crippen LogP contribution in [-0.2, 0) is 4.74 Å². The van der Waals surface area contributed by atoms with Gasteiger partial charge in [-0.15, -0.1) is 0 Å². The molecule has 1 saturated carbocycles. The van der Waals surface area contributed by atoms with Gasteiger partial charge in [0.2, 0.25) is 0 Å². The predicted octanol–water partition coefficient (Wildman–Crippen LogP) is 3.94. The van der Waals surface area contributed by atoms with Gasteiger partial charge in [0.05, 0.1) is 24.0 Å². The second-order valence-corrected chi connectivity index (χ2v) is 7.03. The third kappa shape index (κ3) is 3.90. The number of hydrogen-bond donors (Lipinski definition) is 2. The van der Waals surface area contributed by atoms with Crippen LogP contribution in [0.15, 0.2) is 24.5 Å². The minimum Gasteiger partial charge on any atom is -0.375 e. The Bertz CT molecular complexity index is 760. The van der Waals surface area contributed by atoms with Crippen LogP contribution in [0.4, 0.5) is 10.5 Å². The summed E-state index contributed by atoms with van der Waals surface area (Å²) in [5, 5.41) is 2.92. The van der Waals surface area contributed by atoms with E-state index in [2.05, 4.69) is 35.8 Å². The Kier molecular flexibility index (Phi) is 5.18. The van der Waals surface area contributed by atoms with Gasteiger partial charge in [-0.2, -0.15) is 4.79 Å². The number of rotatable bonds is 5. The van der Waals surface area contributed by atoms with Crippen LogP contribution in [0.25, 0.3) is 11.0 Å². The number of carbonyl (C=O) groups excluding carboxylic acids is 1. The van der Waals surface area contributed by atoms with E-state index in [1.54, 1.807) is 17.0 Å². The smallest absolute Gasteiger partial charge is 0.375 e. The minimum absolute atomic E-state index is 0.0649. The van der Waals surface area contributed by atoms with E-state index in [1.165, 1.54) is 0 Å². The fraction of sp³-hybridized carbons (Fsp3) is 0.526. The first kappa shape index (κ1) is 17.6. The summed E-state index contributed by atoms with van der Waals surface area (Å²) in [5.41, 5.74) is 2.27. The van der Waals surface area contributed by atoms with Gasteiger partial charge in [-0.05, 0) is 51.2 Å². The molecule has 2 aromatic heterocycles. The van der Waals surface area contributed by atoms with Crippen LogP contribution in [0.1, 0.15) is 46.0 Å². The lowest BCUT2D eigenvalue weighted by atomic mass is 9.83. The van der Waals surface area contributed by atoms with Gasteiger partial charge in [0.15, 0.2) is 5.69 Å². The molecular weight excluding hydrogens is 316 g/mol. The van der Waals surface area contributed by atoms with Crippen molar-refractivity contribution in [1.82, 2.24) is 9.97 Å². The standard InChI is InChI=1S/C19H26N4O2/c1-4-12-25-19(2)9-7-14(8-10-19)23(3)18(24)22-16-13-21-15-6-5-11-20-17(15)16/h5-6,11,13-14H,3-4,7-10,12H2,1-2H3,(H-,20,21,22,24)/p+1. The molecule has 6 heteroatoms. The summed E-state index contributed by atoms with van der Waals surface area (Å²) in [4.78, 5) is 20.0. The highest BCUT2D eigenvalue weighted by Crippen LogP contribution is 2.33. The number of nitrogens with zero attached hydrogens (tertiary/aromatic N) is 2. The molecular formula is C19H27N4O2+. The highest BCUT2D eigenvalue weighted by atomic mass is 16.5. The minimum atomic E-state index is -0.199. The van der Waals surface area contributed by atoms with E-state index in [9.17, 15) is 4.79 Å². The Balaban J connectivity index is 1.59. The maximum Gasteiger partial charge on any atom is 0.495 e. The molecule has 0 bridgehead atoms. The number of anilines is 1. The molecule has 1 aliphatic carbocycles. The number of carbonyl (C=O) groups is 1. The van der Waals surface area contributed by atoms with Crippen LogP contribution in [-0.4, -0.2) is 45.5 Å². The number of ether oxygens (including phenoxy) is 1. The van der Waals surface area contributed by atoms with E-state index < -0.39 is 0 Å². The molecule has 6 nitrogen and oxygen atoms in total. The van der Waals surface area contributed by atoms with Crippen LogP contribution in [0.5, 0.6) is 0 Å². The zero-order chi connectivity index (χ0) is 17.9. The first-order chi connectivity index (χ1) is 12.0. The van der Waals surface area contributed by atoms with Crippen LogP contribution < -0.4 is 5.32 Å². The van der Waals surface area contributed by atoms with Crippen molar-refractivity contribution in [3.63, 3.8) is 0 Å². The topological polar surface area (TPSA) is 70.0 Å². The van der Waals surface area contributed by atoms with Crippen molar-refractivity contribution in [3.05, 3.63) is 24.5 Å². The fourth-order valence-electron chi connectivity index (χ4n) is 3.42. The van der Waals surface area contributed by atoms with E-state index in [0.29, 0.717) is 5.69 Å². The van der Waals surface area contributed by atoms with Gasteiger partial charge in [0.25, 0.3) is 0 Å². The van der Waals surface area contributed by atoms with Crippen molar-refractivity contribution in [3.8, 4) is 0 Å². The summed E-state index contributed by atoms with van der Waals surface area (Å²) in [6, 6.07) is 3.72. The van der Waals surface area contributed by atoms with E-state index in [0.717, 1.165) is 49.7 Å². The molecule has 134 valence electrons. The molecule has 1 aliphatic rings. The molecule has 1 fully saturated rings. The Morgan fingerprint density at radius 2 is 2.28 bits per heavy atom. The number of pyridine rings is 1. The summed E-state index contributed by atoms with van der Waals surface area (Å²) < 4.78 is 7.56. The lowest BCUT2D eigenvalue weighted by molar-refractivity contribution is -0.467. The third-order valence-corrected chi connectivity index (χ3v) is 5.05. The molecule has 2 N–H and O–H groups in total. The first-order valence-electron chi connectivity index (χ1n) is 8.99.